The molecule has 0 spiro atoms. The molecule has 0 radical (unpaired) electrons. The van der Waals surface area contributed by atoms with Crippen LogP contribution in [0.1, 0.15) is 10.7 Å². The minimum absolute atomic E-state index is 0.0951. The fourth-order valence-corrected chi connectivity index (χ4v) is 4.02. The Morgan fingerprint density at radius 3 is 2.65 bits per heavy atom. The molecular formula is C19H18Cl2F2N6O4S. The predicted octanol–water partition coefficient (Wildman–Crippen LogP) is 5.18. The summed E-state index contributed by atoms with van der Waals surface area (Å²) < 4.78 is 34.0. The number of rotatable bonds is 9. The zero-order valence-corrected chi connectivity index (χ0v) is 20.0. The van der Waals surface area contributed by atoms with Gasteiger partial charge in [0.25, 0.3) is 0 Å². The van der Waals surface area contributed by atoms with Crippen molar-refractivity contribution >= 4 is 51.6 Å². The van der Waals surface area contributed by atoms with Gasteiger partial charge in [-0.1, -0.05) is 23.7 Å². The van der Waals surface area contributed by atoms with Gasteiger partial charge in [-0.3, -0.25) is 5.32 Å². The van der Waals surface area contributed by atoms with Crippen molar-refractivity contribution in [2.45, 2.75) is 31.9 Å². The van der Waals surface area contributed by atoms with Gasteiger partial charge in [-0.2, -0.15) is 8.78 Å². The molecule has 2 N–H and O–H groups in total. The summed E-state index contributed by atoms with van der Waals surface area (Å²) in [4.78, 5) is 31.3. The second kappa shape index (κ2) is 10.5. The number of carbonyl (C=O) groups excluding carboxylic acids is 1. The number of hydrogen-bond acceptors (Lipinski definition) is 8. The fourth-order valence-electron chi connectivity index (χ4n) is 2.92. The summed E-state index contributed by atoms with van der Waals surface area (Å²) >= 11 is 12.2. The van der Waals surface area contributed by atoms with Crippen LogP contribution in [0.25, 0.3) is 11.3 Å². The van der Waals surface area contributed by atoms with Gasteiger partial charge < -0.3 is 20.2 Å². The van der Waals surface area contributed by atoms with E-state index in [2.05, 4.69) is 15.3 Å². The lowest BCUT2D eigenvalue weighted by atomic mass is 10.1. The van der Waals surface area contributed by atoms with E-state index in [0.29, 0.717) is 16.5 Å². The molecule has 1 aromatic carbocycles. The number of anilines is 1. The Hall–Kier alpha value is -3.03. The number of carbonyl (C=O) groups is 1. The number of nitrogens with one attached hydrogen (secondary N) is 2. The van der Waals surface area contributed by atoms with Crippen LogP contribution in [0.3, 0.4) is 0 Å². The predicted molar refractivity (Wildman–Crippen MR) is 124 cm³/mol. The van der Waals surface area contributed by atoms with Crippen molar-refractivity contribution in [3.8, 4) is 11.3 Å². The lowest BCUT2D eigenvalue weighted by Crippen LogP contribution is -2.50. The zero-order valence-electron chi connectivity index (χ0n) is 17.7. The maximum atomic E-state index is 14.0. The quantitative estimate of drug-likeness (QED) is 0.167. The van der Waals surface area contributed by atoms with Crippen LogP contribution in [-0.4, -0.2) is 43.7 Å². The molecule has 2 aromatic heterocycles. The second-order valence-corrected chi connectivity index (χ2v) is 9.05. The topological polar surface area (TPSA) is 124 Å². The van der Waals surface area contributed by atoms with Crippen LogP contribution in [0, 0.1) is 24.0 Å². The smallest absolute Gasteiger partial charge is 0.409 e. The highest BCUT2D eigenvalue weighted by molar-refractivity contribution is 7.16. The number of hydrogen-bond donors (Lipinski definition) is 2. The van der Waals surface area contributed by atoms with Gasteiger partial charge in [-0.15, -0.1) is 11.3 Å². The molecule has 3 aromatic rings. The van der Waals surface area contributed by atoms with E-state index in [4.69, 9.17) is 27.9 Å². The van der Waals surface area contributed by atoms with Gasteiger partial charge in [0.1, 0.15) is 19.3 Å². The Morgan fingerprint density at radius 1 is 1.35 bits per heavy atom. The minimum Gasteiger partial charge on any atom is -0.445 e. The SMILES string of the molecule is Cc1sc(NC(NC(=O)OCCn2c([N+](=O)[O-])cnc2C)C(F)(F)Cl)nc1-c1ccc(Cl)cc1. The van der Waals surface area contributed by atoms with E-state index in [1.54, 1.807) is 31.2 Å². The number of nitro groups is 1. The summed E-state index contributed by atoms with van der Waals surface area (Å²) in [6.07, 6.45) is -2.18. The van der Waals surface area contributed by atoms with Crippen molar-refractivity contribution in [3.05, 3.63) is 56.3 Å². The zero-order chi connectivity index (χ0) is 25.0. The normalized spacial score (nSPS) is 12.3. The summed E-state index contributed by atoms with van der Waals surface area (Å²) in [5.41, 5.74) is 1.29. The van der Waals surface area contributed by atoms with E-state index in [9.17, 15) is 23.7 Å². The Bertz CT molecular complexity index is 1180. The Morgan fingerprint density at radius 2 is 2.03 bits per heavy atom. The molecule has 15 heteroatoms. The number of nitrogens with zero attached hydrogens (tertiary/aromatic N) is 4. The van der Waals surface area contributed by atoms with Gasteiger partial charge in [-0.25, -0.2) is 19.3 Å². The van der Waals surface area contributed by atoms with Gasteiger partial charge in [-0.05, 0) is 35.6 Å². The van der Waals surface area contributed by atoms with Crippen molar-refractivity contribution in [2.24, 2.45) is 0 Å². The molecule has 0 fully saturated rings. The molecule has 10 nitrogen and oxygen atoms in total. The molecular weight excluding hydrogens is 517 g/mol. The summed E-state index contributed by atoms with van der Waals surface area (Å²) in [6.45, 7) is 2.87. The van der Waals surface area contributed by atoms with E-state index in [-0.39, 0.29) is 24.1 Å². The molecule has 182 valence electrons. The van der Waals surface area contributed by atoms with Gasteiger partial charge in [0.2, 0.25) is 0 Å². The van der Waals surface area contributed by atoms with E-state index in [1.807, 2.05) is 5.32 Å². The highest BCUT2D eigenvalue weighted by Crippen LogP contribution is 2.33. The molecule has 34 heavy (non-hydrogen) atoms. The van der Waals surface area contributed by atoms with E-state index < -0.39 is 22.6 Å². The molecule has 1 unspecified atom stereocenters. The highest BCUT2D eigenvalue weighted by atomic mass is 35.5. The number of aryl methyl sites for hydroxylation is 2. The van der Waals surface area contributed by atoms with Crippen LogP contribution in [0.15, 0.2) is 30.5 Å². The lowest BCUT2D eigenvalue weighted by Gasteiger charge is -2.23. The first-order chi connectivity index (χ1) is 16.0. The van der Waals surface area contributed by atoms with Crippen LogP contribution in [0.5, 0.6) is 0 Å². The summed E-state index contributed by atoms with van der Waals surface area (Å²) in [7, 11) is 0. The molecule has 0 saturated heterocycles. The third-order valence-electron chi connectivity index (χ3n) is 4.54. The summed E-state index contributed by atoms with van der Waals surface area (Å²) in [5, 5.41) is 12.1. The largest absolute Gasteiger partial charge is 0.445 e. The molecule has 1 amide bonds. The molecule has 0 bridgehead atoms. The lowest BCUT2D eigenvalue weighted by molar-refractivity contribution is -0.392. The first-order valence-corrected chi connectivity index (χ1v) is 11.2. The van der Waals surface area contributed by atoms with Crippen LogP contribution in [0.4, 0.5) is 24.5 Å². The Balaban J connectivity index is 1.64. The first-order valence-electron chi connectivity index (χ1n) is 9.62. The number of aromatic nitrogens is 3. The number of alkyl carbamates (subject to hydrolysis) is 1. The highest BCUT2D eigenvalue weighted by Gasteiger charge is 2.39. The molecule has 0 aliphatic heterocycles. The number of imidazole rings is 1. The average molecular weight is 535 g/mol. The third-order valence-corrected chi connectivity index (χ3v) is 5.91. The molecule has 2 heterocycles. The van der Waals surface area contributed by atoms with Gasteiger partial charge in [0, 0.05) is 22.4 Å². The van der Waals surface area contributed by atoms with Crippen LogP contribution in [0.2, 0.25) is 5.02 Å². The number of halogens is 4. The monoisotopic (exact) mass is 534 g/mol. The van der Waals surface area contributed by atoms with Crippen molar-refractivity contribution in [1.29, 1.82) is 0 Å². The molecule has 0 aliphatic carbocycles. The second-order valence-electron chi connectivity index (χ2n) is 6.90. The van der Waals surface area contributed by atoms with E-state index in [0.717, 1.165) is 28.0 Å². The van der Waals surface area contributed by atoms with Crippen molar-refractivity contribution in [2.75, 3.05) is 11.9 Å². The minimum atomic E-state index is -3.89. The summed E-state index contributed by atoms with van der Waals surface area (Å²) in [5.74, 6) is 0.0437. The van der Waals surface area contributed by atoms with Crippen molar-refractivity contribution in [1.82, 2.24) is 19.9 Å². The van der Waals surface area contributed by atoms with Crippen LogP contribution in [-0.2, 0) is 11.3 Å². The van der Waals surface area contributed by atoms with E-state index >= 15 is 0 Å². The number of thiazole rings is 1. The van der Waals surface area contributed by atoms with Gasteiger partial charge in [0.05, 0.1) is 5.69 Å². The molecule has 0 aliphatic rings. The summed E-state index contributed by atoms with van der Waals surface area (Å²) in [6, 6.07) is 6.83. The average Bonchev–Trinajstić information content (AvgIpc) is 3.30. The van der Waals surface area contributed by atoms with Crippen LogP contribution < -0.4 is 10.6 Å². The number of amides is 1. The maximum absolute atomic E-state index is 14.0. The fraction of sp³-hybridized carbons (Fsp3) is 0.316. The molecule has 1 atom stereocenters. The number of benzene rings is 1. The van der Waals surface area contributed by atoms with Gasteiger partial charge in [0.15, 0.2) is 17.1 Å². The third kappa shape index (κ3) is 6.30. The Labute approximate surface area is 206 Å². The van der Waals surface area contributed by atoms with Gasteiger partial charge >= 0.3 is 17.3 Å². The first kappa shape index (κ1) is 25.6. The molecule has 3 rings (SSSR count). The maximum Gasteiger partial charge on any atom is 0.409 e. The molecule has 0 saturated carbocycles. The van der Waals surface area contributed by atoms with E-state index in [1.165, 1.54) is 11.5 Å². The van der Waals surface area contributed by atoms with Crippen molar-refractivity contribution < 1.29 is 23.2 Å². The number of ether oxygens (including phenoxy) is 1. The van der Waals surface area contributed by atoms with Crippen LogP contribution >= 0.6 is 34.5 Å². The Kier molecular flexibility index (Phi) is 7.89. The standard InChI is InChI=1S/C19H18Cl2F2N6O4S/c1-10-15(12-3-5-13(20)6-4-12)25-17(34-10)26-16(19(21,22)23)27-18(30)33-8-7-28-11(2)24-9-14(28)29(31)32/h3-6,9,16H,7-8H2,1-2H3,(H,25,26)(H,27,30). The van der Waals surface area contributed by atoms with Crippen molar-refractivity contribution in [3.63, 3.8) is 0 Å². The number of alkyl halides is 3.